The van der Waals surface area contributed by atoms with Gasteiger partial charge in [0.25, 0.3) is 0 Å². The minimum atomic E-state index is 0.346. The van der Waals surface area contributed by atoms with Crippen LogP contribution in [0.3, 0.4) is 0 Å². The molecule has 1 fully saturated rings. The molecule has 0 bridgehead atoms. The average Bonchev–Trinajstić information content (AvgIpc) is 2.90. The molecule has 1 aliphatic carbocycles. The Labute approximate surface area is 147 Å². The van der Waals surface area contributed by atoms with Crippen molar-refractivity contribution in [2.24, 2.45) is 0 Å². The Hall–Kier alpha value is -1.64. The number of benzene rings is 1. The summed E-state index contributed by atoms with van der Waals surface area (Å²) in [5, 5.41) is 0. The molecule has 1 unspecified atom stereocenters. The number of rotatable bonds is 3. The largest absolute Gasteiger partial charge is 0.305 e. The fourth-order valence-corrected chi connectivity index (χ4v) is 4.13. The molecule has 128 valence electrons. The fourth-order valence-electron chi connectivity index (χ4n) is 4.13. The van der Waals surface area contributed by atoms with E-state index in [4.69, 9.17) is 0 Å². The maximum Gasteiger partial charge on any atom is 0.0607 e. The number of fused-ring (bicyclic) bond motifs is 1. The predicted octanol–water partition coefficient (Wildman–Crippen LogP) is 4.37. The van der Waals surface area contributed by atoms with Crippen LogP contribution < -0.4 is 0 Å². The highest BCUT2D eigenvalue weighted by Crippen LogP contribution is 2.38. The Morgan fingerprint density at radius 1 is 1.08 bits per heavy atom. The molecule has 1 saturated heterocycles. The Bertz CT molecular complexity index is 641. The van der Waals surface area contributed by atoms with Crippen LogP contribution >= 0.6 is 0 Å². The first-order valence-corrected chi connectivity index (χ1v) is 9.23. The topological polar surface area (TPSA) is 6.48 Å². The minimum absolute atomic E-state index is 0.346. The van der Waals surface area contributed by atoms with Gasteiger partial charge in [-0.2, -0.15) is 0 Å². The summed E-state index contributed by atoms with van der Waals surface area (Å²) >= 11 is 0. The third kappa shape index (κ3) is 3.55. The van der Waals surface area contributed by atoms with E-state index in [-0.39, 0.29) is 0 Å². The van der Waals surface area contributed by atoms with Crippen molar-refractivity contribution in [2.45, 2.75) is 32.2 Å². The lowest BCUT2D eigenvalue weighted by molar-refractivity contribution is 0.230. The van der Waals surface area contributed by atoms with E-state index >= 15 is 0 Å². The molecule has 1 aromatic rings. The summed E-state index contributed by atoms with van der Waals surface area (Å²) in [7, 11) is 2.24. The highest BCUT2D eigenvalue weighted by Gasteiger charge is 2.29. The molecule has 2 nitrogen and oxygen atoms in total. The van der Waals surface area contributed by atoms with Crippen molar-refractivity contribution in [2.75, 3.05) is 33.2 Å². The van der Waals surface area contributed by atoms with Gasteiger partial charge in [-0.3, -0.25) is 4.90 Å². The summed E-state index contributed by atoms with van der Waals surface area (Å²) < 4.78 is 0. The maximum atomic E-state index is 4.19. The lowest BCUT2D eigenvalue weighted by Gasteiger charge is -2.33. The smallest absolute Gasteiger partial charge is 0.0607 e. The molecule has 2 aliphatic rings. The van der Waals surface area contributed by atoms with E-state index in [9.17, 15) is 0 Å². The number of nitrogens with zero attached hydrogens (tertiary/aromatic N) is 2. The molecule has 0 saturated carbocycles. The second-order valence-electron chi connectivity index (χ2n) is 6.98. The summed E-state index contributed by atoms with van der Waals surface area (Å²) in [5.41, 5.74) is 5.84. The van der Waals surface area contributed by atoms with Crippen LogP contribution in [-0.4, -0.2) is 43.0 Å². The van der Waals surface area contributed by atoms with Crippen LogP contribution in [-0.2, 0) is 6.42 Å². The predicted molar refractivity (Wildman–Crippen MR) is 103 cm³/mol. The average molecular weight is 322 g/mol. The van der Waals surface area contributed by atoms with Crippen molar-refractivity contribution in [1.29, 1.82) is 0 Å². The Balaban J connectivity index is 2.07. The molecule has 0 amide bonds. The number of hydrogen-bond donors (Lipinski definition) is 0. The van der Waals surface area contributed by atoms with Gasteiger partial charge in [-0.1, -0.05) is 49.1 Å². The van der Waals surface area contributed by atoms with Gasteiger partial charge in [-0.25, -0.2) is 0 Å². The fraction of sp³-hybridized carbons (Fsp3) is 0.455. The SMILES string of the molecule is C=CC1=C(/C=C\C)CCc2ccccc2C1N1CCCN(C)CC1. The monoisotopic (exact) mass is 322 g/mol. The van der Waals surface area contributed by atoms with E-state index in [2.05, 4.69) is 72.8 Å². The van der Waals surface area contributed by atoms with Crippen LogP contribution in [0.5, 0.6) is 0 Å². The van der Waals surface area contributed by atoms with Crippen molar-refractivity contribution in [3.8, 4) is 0 Å². The first-order valence-electron chi connectivity index (χ1n) is 9.23. The van der Waals surface area contributed by atoms with E-state index in [0.29, 0.717) is 6.04 Å². The van der Waals surface area contributed by atoms with Gasteiger partial charge in [0.15, 0.2) is 0 Å². The summed E-state index contributed by atoms with van der Waals surface area (Å²) in [6, 6.07) is 9.36. The molecule has 3 rings (SSSR count). The molecule has 0 radical (unpaired) electrons. The van der Waals surface area contributed by atoms with E-state index in [1.807, 2.05) is 0 Å². The molecule has 2 heteroatoms. The second kappa shape index (κ2) is 7.96. The third-order valence-corrected chi connectivity index (χ3v) is 5.39. The highest BCUT2D eigenvalue weighted by molar-refractivity contribution is 5.47. The van der Waals surface area contributed by atoms with Gasteiger partial charge in [0, 0.05) is 19.6 Å². The number of likely N-dealkylation sites (N-methyl/N-ethyl adjacent to an activating group) is 1. The molecule has 0 N–H and O–H groups in total. The highest BCUT2D eigenvalue weighted by atomic mass is 15.2. The Morgan fingerprint density at radius 3 is 2.71 bits per heavy atom. The molecule has 1 atom stereocenters. The Morgan fingerprint density at radius 2 is 1.92 bits per heavy atom. The number of aryl methyl sites for hydroxylation is 1. The van der Waals surface area contributed by atoms with E-state index < -0.39 is 0 Å². The quantitative estimate of drug-likeness (QED) is 0.815. The standard InChI is InChI=1S/C22H30N2/c1-4-9-18-12-13-19-10-6-7-11-21(19)22(20(18)5-2)24-15-8-14-23(3)16-17-24/h4-7,9-11,22H,2,8,12-17H2,1,3H3/b9-4-. The van der Waals surface area contributed by atoms with Crippen molar-refractivity contribution in [3.63, 3.8) is 0 Å². The van der Waals surface area contributed by atoms with Crippen molar-refractivity contribution < 1.29 is 0 Å². The zero-order valence-electron chi connectivity index (χ0n) is 15.2. The minimum Gasteiger partial charge on any atom is -0.305 e. The third-order valence-electron chi connectivity index (χ3n) is 5.39. The molecular formula is C22H30N2. The second-order valence-corrected chi connectivity index (χ2v) is 6.98. The van der Waals surface area contributed by atoms with Crippen LogP contribution in [0.25, 0.3) is 0 Å². The van der Waals surface area contributed by atoms with Gasteiger partial charge in [0.2, 0.25) is 0 Å². The molecule has 0 aromatic heterocycles. The van der Waals surface area contributed by atoms with Crippen molar-refractivity contribution in [3.05, 3.63) is 71.3 Å². The lowest BCUT2D eigenvalue weighted by Crippen LogP contribution is -2.34. The van der Waals surface area contributed by atoms with Crippen LogP contribution in [0.1, 0.15) is 36.9 Å². The molecule has 1 heterocycles. The molecule has 1 aliphatic heterocycles. The van der Waals surface area contributed by atoms with Gasteiger partial charge in [-0.15, -0.1) is 0 Å². The number of allylic oxidation sites excluding steroid dienone is 3. The van der Waals surface area contributed by atoms with E-state index in [0.717, 1.165) is 32.5 Å². The van der Waals surface area contributed by atoms with E-state index in [1.54, 1.807) is 0 Å². The summed E-state index contributed by atoms with van der Waals surface area (Å²) in [6.45, 7) is 10.9. The first-order chi connectivity index (χ1) is 11.7. The van der Waals surface area contributed by atoms with Crippen LogP contribution in [0.15, 0.2) is 60.2 Å². The van der Waals surface area contributed by atoms with Crippen LogP contribution in [0.4, 0.5) is 0 Å². The van der Waals surface area contributed by atoms with Gasteiger partial charge in [-0.05, 0) is 62.1 Å². The van der Waals surface area contributed by atoms with Crippen LogP contribution in [0.2, 0.25) is 0 Å². The van der Waals surface area contributed by atoms with Gasteiger partial charge in [0.05, 0.1) is 6.04 Å². The zero-order chi connectivity index (χ0) is 16.9. The van der Waals surface area contributed by atoms with Crippen molar-refractivity contribution >= 4 is 0 Å². The first kappa shape index (κ1) is 17.2. The molecule has 24 heavy (non-hydrogen) atoms. The molecular weight excluding hydrogens is 292 g/mol. The van der Waals surface area contributed by atoms with Crippen molar-refractivity contribution in [1.82, 2.24) is 9.80 Å². The lowest BCUT2D eigenvalue weighted by atomic mass is 9.92. The molecule has 1 aromatic carbocycles. The van der Waals surface area contributed by atoms with Gasteiger partial charge in [0.1, 0.15) is 0 Å². The summed E-state index contributed by atoms with van der Waals surface area (Å²) in [4.78, 5) is 5.13. The van der Waals surface area contributed by atoms with Gasteiger partial charge < -0.3 is 4.90 Å². The summed E-state index contributed by atoms with van der Waals surface area (Å²) in [6.07, 6.45) is 10.0. The normalized spacial score (nSPS) is 23.8. The zero-order valence-corrected chi connectivity index (χ0v) is 15.2. The maximum absolute atomic E-state index is 4.19. The molecule has 0 spiro atoms. The summed E-state index contributed by atoms with van der Waals surface area (Å²) in [5.74, 6) is 0. The number of hydrogen-bond acceptors (Lipinski definition) is 2. The Kier molecular flexibility index (Phi) is 5.70. The van der Waals surface area contributed by atoms with Gasteiger partial charge >= 0.3 is 0 Å². The van der Waals surface area contributed by atoms with Crippen LogP contribution in [0, 0.1) is 0 Å². The van der Waals surface area contributed by atoms with E-state index in [1.165, 1.54) is 35.2 Å².